The standard InChI is InChI=1S/C6H7NO2S.C5H9BrOS.C5H9ClOS.C5H10OS.C4H10O2S2.C2H6S2.3CH4/c1-7-5(8)3-4(10-2)6(7)9;2*1-4(7)5(6)3-8-2;1-5(6)3-4-7-2;1-7-3-4-8(2,5)6;1-3-4-2;;;/h3H,1-2H3;2*5H,3H2,1-2H3;3-4H2,1-2H3;3-4H2,1-2H3;1-2H3;3*1H4. The number of carbonyl (C=O) groups excluding carboxylic acids is 5. The molecular weight excluding hydrogens is 858 g/mol. The number of ketones is 3. The van der Waals surface area contributed by atoms with Crippen LogP contribution in [0.25, 0.3) is 0 Å². The van der Waals surface area contributed by atoms with Crippen molar-refractivity contribution in [2.24, 2.45) is 0 Å². The van der Waals surface area contributed by atoms with Gasteiger partial charge in [-0.05, 0) is 70.3 Å². The molecule has 0 fully saturated rings. The number of alkyl halides is 2. The predicted molar refractivity (Wildman–Crippen MR) is 239 cm³/mol. The highest BCUT2D eigenvalue weighted by Gasteiger charge is 2.26. The summed E-state index contributed by atoms with van der Waals surface area (Å²) in [5.41, 5.74) is 0. The Morgan fingerprint density at radius 2 is 1.25 bits per heavy atom. The first-order chi connectivity index (χ1) is 20.8. The van der Waals surface area contributed by atoms with Crippen molar-refractivity contribution in [3.8, 4) is 0 Å². The number of thioether (sulfide) groups is 5. The van der Waals surface area contributed by atoms with Gasteiger partial charge in [-0.25, -0.2) is 8.42 Å². The zero-order chi connectivity index (χ0) is 36.6. The number of Topliss-reactive ketones (excluding diaryl/α,β-unsaturated/α-hetero) is 3. The maximum Gasteiger partial charge on any atom is 0.267 e. The molecule has 0 saturated heterocycles. The average Bonchev–Trinajstić information content (AvgIpc) is 3.22. The van der Waals surface area contributed by atoms with Gasteiger partial charge in [0.25, 0.3) is 11.8 Å². The van der Waals surface area contributed by atoms with Crippen molar-refractivity contribution in [2.75, 3.05) is 85.9 Å². The van der Waals surface area contributed by atoms with E-state index in [9.17, 15) is 32.4 Å². The van der Waals surface area contributed by atoms with Gasteiger partial charge in [0.05, 0.1) is 15.5 Å². The molecule has 1 aliphatic rings. The van der Waals surface area contributed by atoms with Crippen molar-refractivity contribution < 1.29 is 32.4 Å². The van der Waals surface area contributed by atoms with Gasteiger partial charge in [-0.15, -0.1) is 23.4 Å². The van der Waals surface area contributed by atoms with Crippen molar-refractivity contribution in [1.82, 2.24) is 4.90 Å². The third kappa shape index (κ3) is 53.8. The van der Waals surface area contributed by atoms with Crippen LogP contribution in [0, 0.1) is 0 Å². The van der Waals surface area contributed by atoms with Crippen molar-refractivity contribution in [3.63, 3.8) is 0 Å². The van der Waals surface area contributed by atoms with Gasteiger partial charge < -0.3 is 0 Å². The fourth-order valence-electron chi connectivity index (χ4n) is 1.69. The van der Waals surface area contributed by atoms with Gasteiger partial charge in [0.2, 0.25) is 0 Å². The van der Waals surface area contributed by atoms with Crippen LogP contribution < -0.4 is 0 Å². The highest BCUT2D eigenvalue weighted by atomic mass is 79.9. The molecule has 0 N–H and O–H groups in total. The van der Waals surface area contributed by atoms with Crippen molar-refractivity contribution in [1.29, 1.82) is 0 Å². The minimum absolute atomic E-state index is 0. The summed E-state index contributed by atoms with van der Waals surface area (Å²) in [6.07, 6.45) is 17.0. The summed E-state index contributed by atoms with van der Waals surface area (Å²) in [5, 5.41) is -0.287. The van der Waals surface area contributed by atoms with Gasteiger partial charge in [-0.2, -0.15) is 47.0 Å². The SMILES string of the molecule is C.C.C.CSC1=CC(=O)N(C)C1=O.CSCC(Br)C(C)=O.CSCC(Cl)C(C)=O.CSCCC(C)=O.CSCCS(C)(=O)=O.CSSC. The van der Waals surface area contributed by atoms with Crippen LogP contribution in [0.2, 0.25) is 0 Å². The van der Waals surface area contributed by atoms with Gasteiger partial charge in [0.1, 0.15) is 32.6 Å². The number of halogens is 2. The molecule has 0 aliphatic carbocycles. The lowest BCUT2D eigenvalue weighted by Gasteiger charge is -2.04. The summed E-state index contributed by atoms with van der Waals surface area (Å²) < 4.78 is 20.8. The first-order valence-corrected chi connectivity index (χ1v) is 26.0. The van der Waals surface area contributed by atoms with E-state index in [1.807, 2.05) is 25.0 Å². The molecule has 1 rings (SSSR count). The largest absolute Gasteiger partial charge is 0.300 e. The Kier molecular flexibility index (Phi) is 64.5. The van der Waals surface area contributed by atoms with E-state index >= 15 is 0 Å². The fourth-order valence-corrected chi connectivity index (χ4v) is 6.82. The predicted octanol–water partition coefficient (Wildman–Crippen LogP) is 8.74. The van der Waals surface area contributed by atoms with Crippen LogP contribution >= 0.6 is 108 Å². The van der Waals surface area contributed by atoms with Gasteiger partial charge in [-0.3, -0.25) is 28.9 Å². The second kappa shape index (κ2) is 46.1. The molecule has 2 unspecified atom stereocenters. The molecular formula is C30H63BrClNO7S8. The average molecular weight is 922 g/mol. The highest BCUT2D eigenvalue weighted by molar-refractivity contribution is 9.10. The zero-order valence-corrected chi connectivity index (χ0v) is 37.2. The third-order valence-electron chi connectivity index (χ3n) is 4.31. The summed E-state index contributed by atoms with van der Waals surface area (Å²) in [7, 11) is 2.32. The normalized spacial score (nSPS) is 12.1. The number of carbonyl (C=O) groups is 5. The molecule has 0 saturated carbocycles. The van der Waals surface area contributed by atoms with Crippen LogP contribution in [0.5, 0.6) is 0 Å². The van der Waals surface area contributed by atoms with Crippen LogP contribution in [0.3, 0.4) is 0 Å². The van der Waals surface area contributed by atoms with Gasteiger partial charge >= 0.3 is 0 Å². The fraction of sp³-hybridized carbons (Fsp3) is 0.767. The summed E-state index contributed by atoms with van der Waals surface area (Å²) in [6, 6.07) is 0. The molecule has 0 spiro atoms. The summed E-state index contributed by atoms with van der Waals surface area (Å²) in [4.78, 5) is 54.5. The van der Waals surface area contributed by atoms with E-state index in [2.05, 4.69) is 28.4 Å². The van der Waals surface area contributed by atoms with Crippen molar-refractivity contribution >= 4 is 147 Å². The van der Waals surface area contributed by atoms with E-state index in [4.69, 9.17) is 11.6 Å². The van der Waals surface area contributed by atoms with Crippen molar-refractivity contribution in [3.05, 3.63) is 11.0 Å². The lowest BCUT2D eigenvalue weighted by atomic mass is 10.3. The molecule has 18 heteroatoms. The summed E-state index contributed by atoms with van der Waals surface area (Å²) in [5.74, 6) is 3.69. The van der Waals surface area contributed by atoms with E-state index in [1.54, 1.807) is 88.7 Å². The van der Waals surface area contributed by atoms with E-state index in [-0.39, 0.29) is 61.6 Å². The Bertz CT molecular complexity index is 936. The van der Waals surface area contributed by atoms with Crippen LogP contribution in [-0.2, 0) is 33.8 Å². The number of rotatable bonds is 14. The van der Waals surface area contributed by atoms with Crippen LogP contribution in [0.4, 0.5) is 0 Å². The maximum absolute atomic E-state index is 11.0. The number of sulfone groups is 1. The number of amides is 2. The first-order valence-electron chi connectivity index (χ1n) is 12.8. The Morgan fingerprint density at radius 1 is 0.812 bits per heavy atom. The van der Waals surface area contributed by atoms with E-state index < -0.39 is 9.84 Å². The summed E-state index contributed by atoms with van der Waals surface area (Å²) >= 11 is 16.6. The molecule has 2 amide bonds. The lowest BCUT2D eigenvalue weighted by molar-refractivity contribution is -0.135. The maximum atomic E-state index is 11.0. The van der Waals surface area contributed by atoms with Crippen LogP contribution in [0.1, 0.15) is 49.5 Å². The molecule has 0 aromatic heterocycles. The van der Waals surface area contributed by atoms with Gasteiger partial charge in [0.15, 0.2) is 0 Å². The van der Waals surface area contributed by atoms with E-state index in [1.165, 1.54) is 38.1 Å². The second-order valence-electron chi connectivity index (χ2n) is 8.38. The monoisotopic (exact) mass is 919 g/mol. The van der Waals surface area contributed by atoms with Crippen molar-refractivity contribution in [2.45, 2.75) is 59.7 Å². The summed E-state index contributed by atoms with van der Waals surface area (Å²) in [6.45, 7) is 4.72. The molecule has 0 radical (unpaired) electrons. The lowest BCUT2D eigenvalue weighted by Crippen LogP contribution is -2.25. The molecule has 2 atom stereocenters. The molecule has 8 nitrogen and oxygen atoms in total. The second-order valence-corrected chi connectivity index (χ2v) is 19.6. The minimum Gasteiger partial charge on any atom is -0.300 e. The highest BCUT2D eigenvalue weighted by Crippen LogP contribution is 2.19. The molecule has 0 aromatic carbocycles. The van der Waals surface area contributed by atoms with Crippen LogP contribution in [0.15, 0.2) is 11.0 Å². The number of imide groups is 1. The number of hydrogen-bond acceptors (Lipinski definition) is 14. The number of nitrogens with zero attached hydrogens (tertiary/aromatic N) is 1. The van der Waals surface area contributed by atoms with Gasteiger partial charge in [0, 0.05) is 43.1 Å². The van der Waals surface area contributed by atoms with E-state index in [0.717, 1.165) is 28.6 Å². The van der Waals surface area contributed by atoms with Crippen LogP contribution in [-0.4, -0.2) is 139 Å². The van der Waals surface area contributed by atoms with E-state index in [0.29, 0.717) is 16.4 Å². The molecule has 0 bridgehead atoms. The third-order valence-corrected chi connectivity index (χ3v) is 12.2. The number of hydrogen-bond donors (Lipinski definition) is 0. The quantitative estimate of drug-likeness (QED) is 0.0938. The molecule has 1 aliphatic heterocycles. The molecule has 0 aromatic rings. The Hall–Kier alpha value is 1.06. The van der Waals surface area contributed by atoms with Gasteiger partial charge in [-0.1, -0.05) is 59.8 Å². The molecule has 1 heterocycles. The Labute approximate surface area is 337 Å². The number of likely N-dealkylation sites (N-methyl/N-ethyl adjacent to an activating group) is 1. The smallest absolute Gasteiger partial charge is 0.267 e. The minimum atomic E-state index is -2.71. The topological polar surface area (TPSA) is 123 Å². The molecule has 48 heavy (non-hydrogen) atoms. The zero-order valence-electron chi connectivity index (χ0n) is 28.3. The Morgan fingerprint density at radius 3 is 1.38 bits per heavy atom. The molecule has 292 valence electrons. The first kappa shape index (κ1) is 67.2. The Balaban J connectivity index is -0.0000000668.